The Kier molecular flexibility index (Phi) is 8.36. The lowest BCUT2D eigenvalue weighted by molar-refractivity contribution is 0.0974. The van der Waals surface area contributed by atoms with Crippen molar-refractivity contribution in [2.24, 2.45) is 10.9 Å². The number of carbonyl (C=O) groups is 1. The van der Waals surface area contributed by atoms with Crippen LogP contribution in [0.15, 0.2) is 65.9 Å². The first-order chi connectivity index (χ1) is 17.0. The molecule has 1 saturated carbocycles. The number of hydrogen-bond acceptors (Lipinski definition) is 4. The molecule has 35 heavy (non-hydrogen) atoms. The molecule has 1 aromatic heterocycles. The van der Waals surface area contributed by atoms with Crippen LogP contribution in [0.4, 0.5) is 8.78 Å². The molecule has 0 unspecified atom stereocenters. The van der Waals surface area contributed by atoms with Crippen molar-refractivity contribution in [3.63, 3.8) is 0 Å². The number of halogens is 3. The Bertz CT molecular complexity index is 1180. The van der Waals surface area contributed by atoms with Gasteiger partial charge in [0.1, 0.15) is 5.82 Å². The van der Waals surface area contributed by atoms with Crippen LogP contribution in [0.1, 0.15) is 47.4 Å². The molecule has 0 aliphatic heterocycles. The molecule has 1 fully saturated rings. The molecule has 1 aliphatic rings. The SMILES string of the molecule is O=C(NC(=NCc1ccccc1Cl)NC1CCC(Cc2ncccn2)CC1)c1ccc(F)c(F)c1. The molecule has 1 heterocycles. The van der Waals surface area contributed by atoms with Gasteiger partial charge >= 0.3 is 0 Å². The highest BCUT2D eigenvalue weighted by Crippen LogP contribution is 2.26. The fourth-order valence-corrected chi connectivity index (χ4v) is 4.32. The molecule has 9 heteroatoms. The number of carbonyl (C=O) groups excluding carboxylic acids is 1. The van der Waals surface area contributed by atoms with Crippen molar-refractivity contribution in [3.05, 3.63) is 94.5 Å². The van der Waals surface area contributed by atoms with Crippen molar-refractivity contribution in [2.45, 2.75) is 44.7 Å². The molecule has 2 aromatic carbocycles. The van der Waals surface area contributed by atoms with Gasteiger partial charge in [-0.25, -0.2) is 23.7 Å². The average molecular weight is 498 g/mol. The van der Waals surface area contributed by atoms with Crippen molar-refractivity contribution in [3.8, 4) is 0 Å². The van der Waals surface area contributed by atoms with Crippen LogP contribution in [-0.2, 0) is 13.0 Å². The van der Waals surface area contributed by atoms with Crippen LogP contribution in [0.2, 0.25) is 5.02 Å². The fourth-order valence-electron chi connectivity index (χ4n) is 4.13. The maximum absolute atomic E-state index is 13.6. The minimum absolute atomic E-state index is 0.00251. The van der Waals surface area contributed by atoms with E-state index in [9.17, 15) is 13.6 Å². The van der Waals surface area contributed by atoms with Gasteiger partial charge in [-0.15, -0.1) is 0 Å². The lowest BCUT2D eigenvalue weighted by Crippen LogP contribution is -2.47. The van der Waals surface area contributed by atoms with E-state index in [-0.39, 0.29) is 24.1 Å². The summed E-state index contributed by atoms with van der Waals surface area (Å²) in [7, 11) is 0. The number of nitrogens with zero attached hydrogens (tertiary/aromatic N) is 3. The van der Waals surface area contributed by atoms with E-state index < -0.39 is 17.5 Å². The lowest BCUT2D eigenvalue weighted by atomic mass is 9.84. The van der Waals surface area contributed by atoms with Gasteiger partial charge in [-0.05, 0) is 67.5 Å². The van der Waals surface area contributed by atoms with Gasteiger partial charge in [0.05, 0.1) is 6.54 Å². The normalized spacial score (nSPS) is 18.2. The van der Waals surface area contributed by atoms with Crippen LogP contribution in [0.25, 0.3) is 0 Å². The molecule has 182 valence electrons. The Morgan fingerprint density at radius 3 is 2.46 bits per heavy atom. The topological polar surface area (TPSA) is 79.3 Å². The molecule has 4 rings (SSSR count). The Balaban J connectivity index is 1.42. The fraction of sp³-hybridized carbons (Fsp3) is 0.308. The summed E-state index contributed by atoms with van der Waals surface area (Å²) < 4.78 is 26.9. The van der Waals surface area contributed by atoms with E-state index in [4.69, 9.17) is 11.6 Å². The summed E-state index contributed by atoms with van der Waals surface area (Å²) in [4.78, 5) is 25.9. The third-order valence-corrected chi connectivity index (χ3v) is 6.43. The zero-order valence-corrected chi connectivity index (χ0v) is 19.8. The molecule has 2 N–H and O–H groups in total. The number of rotatable bonds is 6. The molecule has 0 atom stereocenters. The van der Waals surface area contributed by atoms with Crippen LogP contribution in [-0.4, -0.2) is 27.9 Å². The number of aliphatic imine (C=N–C) groups is 1. The highest BCUT2D eigenvalue weighted by Gasteiger charge is 2.23. The molecule has 1 amide bonds. The second-order valence-corrected chi connectivity index (χ2v) is 8.98. The number of benzene rings is 2. The largest absolute Gasteiger partial charge is 0.353 e. The van der Waals surface area contributed by atoms with E-state index in [1.165, 1.54) is 6.07 Å². The zero-order chi connectivity index (χ0) is 24.6. The second-order valence-electron chi connectivity index (χ2n) is 8.57. The van der Waals surface area contributed by atoms with Crippen LogP contribution in [0.3, 0.4) is 0 Å². The third-order valence-electron chi connectivity index (χ3n) is 6.06. The molecule has 3 aromatic rings. The minimum Gasteiger partial charge on any atom is -0.353 e. The molecule has 0 saturated heterocycles. The summed E-state index contributed by atoms with van der Waals surface area (Å²) in [5.74, 6) is -1.05. The second kappa shape index (κ2) is 11.8. The molecule has 0 spiro atoms. The number of hydrogen-bond donors (Lipinski definition) is 2. The molecule has 0 radical (unpaired) electrons. The number of guanidine groups is 1. The van der Waals surface area contributed by atoms with Gasteiger partial charge in [-0.3, -0.25) is 10.1 Å². The van der Waals surface area contributed by atoms with Gasteiger partial charge in [-0.1, -0.05) is 29.8 Å². The average Bonchev–Trinajstić information content (AvgIpc) is 2.87. The lowest BCUT2D eigenvalue weighted by Gasteiger charge is -2.29. The van der Waals surface area contributed by atoms with Gasteiger partial charge in [0.25, 0.3) is 5.91 Å². The highest BCUT2D eigenvalue weighted by molar-refractivity contribution is 6.31. The predicted molar refractivity (Wildman–Crippen MR) is 131 cm³/mol. The monoisotopic (exact) mass is 497 g/mol. The van der Waals surface area contributed by atoms with Crippen molar-refractivity contribution < 1.29 is 13.6 Å². The zero-order valence-electron chi connectivity index (χ0n) is 19.1. The summed E-state index contributed by atoms with van der Waals surface area (Å²) in [6.07, 6.45) is 8.12. The number of aromatic nitrogens is 2. The molecule has 6 nitrogen and oxygen atoms in total. The van der Waals surface area contributed by atoms with E-state index >= 15 is 0 Å². The first-order valence-electron chi connectivity index (χ1n) is 11.5. The molecular formula is C26H26ClF2N5O. The van der Waals surface area contributed by atoms with Gasteiger partial charge < -0.3 is 5.32 Å². The van der Waals surface area contributed by atoms with Gasteiger partial charge in [0.15, 0.2) is 17.6 Å². The maximum atomic E-state index is 13.6. The Morgan fingerprint density at radius 1 is 1.00 bits per heavy atom. The Hall–Kier alpha value is -3.39. The first kappa shape index (κ1) is 24.7. The van der Waals surface area contributed by atoms with Crippen molar-refractivity contribution in [1.29, 1.82) is 0 Å². The summed E-state index contributed by atoms with van der Waals surface area (Å²) in [6.45, 7) is 0.251. The van der Waals surface area contributed by atoms with Crippen molar-refractivity contribution in [2.75, 3.05) is 0 Å². The van der Waals surface area contributed by atoms with Gasteiger partial charge in [0, 0.05) is 35.4 Å². The number of amides is 1. The standard InChI is InChI=1S/C26H26ClF2N5O/c27-21-5-2-1-4-19(21)16-32-26(34-25(35)18-8-11-22(28)23(29)15-18)33-20-9-6-17(7-10-20)14-24-30-12-3-13-31-24/h1-5,8,11-13,15,17,20H,6-7,9-10,14,16H2,(H2,32,33,34,35). The van der Waals surface area contributed by atoms with Crippen molar-refractivity contribution in [1.82, 2.24) is 20.6 Å². The van der Waals surface area contributed by atoms with E-state index in [2.05, 4.69) is 25.6 Å². The van der Waals surface area contributed by atoms with Crippen LogP contribution < -0.4 is 10.6 Å². The van der Waals surface area contributed by atoms with Gasteiger partial charge in [0.2, 0.25) is 0 Å². The van der Waals surface area contributed by atoms with E-state index in [1.54, 1.807) is 18.5 Å². The minimum atomic E-state index is -1.08. The van der Waals surface area contributed by atoms with Crippen LogP contribution >= 0.6 is 11.6 Å². The third kappa shape index (κ3) is 7.05. The molecule has 0 bridgehead atoms. The Morgan fingerprint density at radius 2 is 1.74 bits per heavy atom. The predicted octanol–water partition coefficient (Wildman–Crippen LogP) is 5.09. The van der Waals surface area contributed by atoms with Crippen LogP contribution in [0.5, 0.6) is 0 Å². The van der Waals surface area contributed by atoms with Gasteiger partial charge in [-0.2, -0.15) is 0 Å². The quantitative estimate of drug-likeness (QED) is 0.367. The van der Waals surface area contributed by atoms with E-state index in [1.807, 2.05) is 24.3 Å². The first-order valence-corrected chi connectivity index (χ1v) is 11.9. The molecule has 1 aliphatic carbocycles. The highest BCUT2D eigenvalue weighted by atomic mass is 35.5. The van der Waals surface area contributed by atoms with Crippen molar-refractivity contribution >= 4 is 23.5 Å². The summed E-state index contributed by atoms with van der Waals surface area (Å²) >= 11 is 6.25. The maximum Gasteiger partial charge on any atom is 0.258 e. The summed E-state index contributed by atoms with van der Waals surface area (Å²) in [5.41, 5.74) is 0.810. The molecular weight excluding hydrogens is 472 g/mol. The summed E-state index contributed by atoms with van der Waals surface area (Å²) in [5, 5.41) is 6.62. The smallest absolute Gasteiger partial charge is 0.258 e. The van der Waals surface area contributed by atoms with Crippen LogP contribution in [0, 0.1) is 17.6 Å². The number of nitrogens with one attached hydrogen (secondary N) is 2. The summed E-state index contributed by atoms with van der Waals surface area (Å²) in [6, 6.07) is 12.3. The Labute approximate surface area is 207 Å². The van der Waals surface area contributed by atoms with E-state index in [0.717, 1.165) is 55.6 Å². The van der Waals surface area contributed by atoms with E-state index in [0.29, 0.717) is 10.9 Å².